The van der Waals surface area contributed by atoms with Crippen molar-refractivity contribution in [3.63, 3.8) is 0 Å². The maximum Gasteiger partial charge on any atom is 0.223 e. The Labute approximate surface area is 150 Å². The fourth-order valence-electron chi connectivity index (χ4n) is 4.70. The van der Waals surface area contributed by atoms with Crippen molar-refractivity contribution in [3.8, 4) is 0 Å². The molecule has 0 radical (unpaired) electrons. The van der Waals surface area contributed by atoms with Gasteiger partial charge in [0.15, 0.2) is 5.78 Å². The molecule has 0 aromatic heterocycles. The minimum Gasteiger partial charge on any atom is -0.341 e. The summed E-state index contributed by atoms with van der Waals surface area (Å²) < 4.78 is 0. The summed E-state index contributed by atoms with van der Waals surface area (Å²) in [5.74, 6) is 0.267. The first-order valence-electron chi connectivity index (χ1n) is 9.87. The monoisotopic (exact) mass is 340 g/mol. The highest BCUT2D eigenvalue weighted by Gasteiger charge is 2.30. The van der Waals surface area contributed by atoms with Crippen LogP contribution in [0.25, 0.3) is 0 Å². The summed E-state index contributed by atoms with van der Waals surface area (Å²) in [6.45, 7) is 4.00. The highest BCUT2D eigenvalue weighted by atomic mass is 16.2. The first-order valence-corrected chi connectivity index (χ1v) is 9.87. The molecule has 3 aliphatic rings. The van der Waals surface area contributed by atoms with E-state index in [1.165, 1.54) is 36.9 Å². The number of amides is 1. The molecule has 2 heterocycles. The van der Waals surface area contributed by atoms with Gasteiger partial charge in [-0.05, 0) is 62.3 Å². The Morgan fingerprint density at radius 1 is 0.960 bits per heavy atom. The number of carbonyl (C=O) groups is 2. The Morgan fingerprint density at radius 3 is 2.72 bits per heavy atom. The van der Waals surface area contributed by atoms with Crippen LogP contribution in [-0.2, 0) is 17.6 Å². The number of carbonyl (C=O) groups excluding carboxylic acids is 2. The fraction of sp³-hybridized carbons (Fsp3) is 0.619. The third-order valence-corrected chi connectivity index (χ3v) is 6.14. The molecule has 4 rings (SSSR count). The molecule has 2 fully saturated rings. The summed E-state index contributed by atoms with van der Waals surface area (Å²) in [6.07, 6.45) is 7.61. The summed E-state index contributed by atoms with van der Waals surface area (Å²) in [6, 6.07) is 6.64. The highest BCUT2D eigenvalue weighted by molar-refractivity contribution is 5.98. The van der Waals surface area contributed by atoms with Crippen molar-refractivity contribution < 1.29 is 9.59 Å². The van der Waals surface area contributed by atoms with Gasteiger partial charge in [-0.3, -0.25) is 14.5 Å². The zero-order chi connectivity index (χ0) is 17.2. The van der Waals surface area contributed by atoms with Crippen molar-refractivity contribution in [1.82, 2.24) is 9.80 Å². The molecule has 2 saturated heterocycles. The minimum atomic E-state index is 0.111. The van der Waals surface area contributed by atoms with Crippen LogP contribution >= 0.6 is 0 Å². The molecule has 1 aliphatic carbocycles. The maximum atomic E-state index is 12.6. The second-order valence-corrected chi connectivity index (χ2v) is 7.79. The lowest BCUT2D eigenvalue weighted by atomic mass is 10.0. The van der Waals surface area contributed by atoms with Crippen LogP contribution < -0.4 is 0 Å². The van der Waals surface area contributed by atoms with Gasteiger partial charge < -0.3 is 4.90 Å². The van der Waals surface area contributed by atoms with Gasteiger partial charge in [0, 0.05) is 44.1 Å². The zero-order valence-electron chi connectivity index (χ0n) is 15.0. The van der Waals surface area contributed by atoms with Crippen LogP contribution in [0.3, 0.4) is 0 Å². The number of aryl methyl sites for hydroxylation is 2. The first kappa shape index (κ1) is 16.8. The zero-order valence-corrected chi connectivity index (χ0v) is 15.0. The van der Waals surface area contributed by atoms with Gasteiger partial charge in [0.25, 0.3) is 0 Å². The van der Waals surface area contributed by atoms with E-state index >= 15 is 0 Å². The van der Waals surface area contributed by atoms with E-state index in [4.69, 9.17) is 0 Å². The van der Waals surface area contributed by atoms with Gasteiger partial charge in [0.2, 0.25) is 5.91 Å². The molecule has 0 N–H and O–H groups in total. The lowest BCUT2D eigenvalue weighted by Gasteiger charge is -2.25. The molecule has 25 heavy (non-hydrogen) atoms. The molecule has 4 nitrogen and oxygen atoms in total. The Hall–Kier alpha value is -1.68. The number of fused-ring (bicyclic) bond motifs is 2. The van der Waals surface area contributed by atoms with Gasteiger partial charge in [-0.1, -0.05) is 12.1 Å². The van der Waals surface area contributed by atoms with Gasteiger partial charge in [0.05, 0.1) is 0 Å². The normalized spacial score (nSPS) is 23.2. The molecule has 0 spiro atoms. The molecular weight excluding hydrogens is 312 g/mol. The minimum absolute atomic E-state index is 0.111. The number of Topliss-reactive ketones (excluding diaryl/α,β-unsaturated/α-hetero) is 1. The van der Waals surface area contributed by atoms with Gasteiger partial charge in [-0.2, -0.15) is 0 Å². The smallest absolute Gasteiger partial charge is 0.223 e. The average molecular weight is 340 g/mol. The molecule has 0 bridgehead atoms. The van der Waals surface area contributed by atoms with Gasteiger partial charge in [-0.25, -0.2) is 0 Å². The topological polar surface area (TPSA) is 40.6 Å². The number of rotatable bonds is 4. The molecule has 0 saturated carbocycles. The third kappa shape index (κ3) is 3.64. The first-order chi connectivity index (χ1) is 12.2. The van der Waals surface area contributed by atoms with E-state index < -0.39 is 0 Å². The summed E-state index contributed by atoms with van der Waals surface area (Å²) in [5.41, 5.74) is 3.50. The van der Waals surface area contributed by atoms with Crippen LogP contribution in [0, 0.1) is 0 Å². The standard InChI is InChI=1S/C21H28N2O2/c24-20(18-8-7-16-4-1-5-17(16)14-18)9-10-21(25)23-13-3-12-22-11-2-6-19(22)15-23/h7-8,14,19H,1-6,9-13,15H2/t19-/m0/s1. The molecule has 1 atom stereocenters. The third-order valence-electron chi connectivity index (χ3n) is 6.14. The molecule has 1 aromatic carbocycles. The van der Waals surface area contributed by atoms with E-state index in [0.29, 0.717) is 18.9 Å². The van der Waals surface area contributed by atoms with E-state index in [9.17, 15) is 9.59 Å². The van der Waals surface area contributed by atoms with E-state index in [-0.39, 0.29) is 11.7 Å². The van der Waals surface area contributed by atoms with Crippen LogP contribution in [0.5, 0.6) is 0 Å². The molecular formula is C21H28N2O2. The van der Waals surface area contributed by atoms with Crippen molar-refractivity contribution in [2.24, 2.45) is 0 Å². The molecule has 1 aromatic rings. The number of hydrogen-bond donors (Lipinski definition) is 0. The van der Waals surface area contributed by atoms with Crippen LogP contribution in [0.2, 0.25) is 0 Å². The van der Waals surface area contributed by atoms with Crippen molar-refractivity contribution in [3.05, 3.63) is 34.9 Å². The Balaban J connectivity index is 1.32. The van der Waals surface area contributed by atoms with Crippen LogP contribution in [-0.4, -0.2) is 53.7 Å². The van der Waals surface area contributed by atoms with Crippen molar-refractivity contribution in [2.45, 2.75) is 57.4 Å². The van der Waals surface area contributed by atoms with Crippen LogP contribution in [0.15, 0.2) is 18.2 Å². The van der Waals surface area contributed by atoms with E-state index in [1.807, 2.05) is 11.0 Å². The van der Waals surface area contributed by atoms with Gasteiger partial charge >= 0.3 is 0 Å². The quantitative estimate of drug-likeness (QED) is 0.792. The second-order valence-electron chi connectivity index (χ2n) is 7.79. The van der Waals surface area contributed by atoms with Crippen LogP contribution in [0.4, 0.5) is 0 Å². The predicted molar refractivity (Wildman–Crippen MR) is 97.8 cm³/mol. The lowest BCUT2D eigenvalue weighted by molar-refractivity contribution is -0.131. The summed E-state index contributed by atoms with van der Waals surface area (Å²) in [4.78, 5) is 29.7. The molecule has 134 valence electrons. The number of ketones is 1. The number of hydrogen-bond acceptors (Lipinski definition) is 3. The predicted octanol–water partition coefficient (Wildman–Crippen LogP) is 2.83. The van der Waals surface area contributed by atoms with Crippen LogP contribution in [0.1, 0.15) is 60.0 Å². The average Bonchev–Trinajstić information content (AvgIpc) is 3.23. The van der Waals surface area contributed by atoms with E-state index in [2.05, 4.69) is 17.0 Å². The second kappa shape index (κ2) is 7.28. The van der Waals surface area contributed by atoms with E-state index in [0.717, 1.165) is 44.5 Å². The Kier molecular flexibility index (Phi) is 4.89. The Bertz CT molecular complexity index is 670. The summed E-state index contributed by atoms with van der Waals surface area (Å²) >= 11 is 0. The summed E-state index contributed by atoms with van der Waals surface area (Å²) in [5, 5.41) is 0. The van der Waals surface area contributed by atoms with Gasteiger partial charge in [-0.15, -0.1) is 0 Å². The molecule has 4 heteroatoms. The van der Waals surface area contributed by atoms with Gasteiger partial charge in [0.1, 0.15) is 0 Å². The van der Waals surface area contributed by atoms with Crippen molar-refractivity contribution in [1.29, 1.82) is 0 Å². The Morgan fingerprint density at radius 2 is 1.80 bits per heavy atom. The summed E-state index contributed by atoms with van der Waals surface area (Å²) in [7, 11) is 0. The van der Waals surface area contributed by atoms with E-state index in [1.54, 1.807) is 0 Å². The highest BCUT2D eigenvalue weighted by Crippen LogP contribution is 2.24. The number of nitrogens with zero attached hydrogens (tertiary/aromatic N) is 2. The van der Waals surface area contributed by atoms with Crippen molar-refractivity contribution in [2.75, 3.05) is 26.2 Å². The lowest BCUT2D eigenvalue weighted by Crippen LogP contribution is -2.39. The van der Waals surface area contributed by atoms with Crippen molar-refractivity contribution >= 4 is 11.7 Å². The largest absolute Gasteiger partial charge is 0.341 e. The molecule has 0 unspecified atom stereocenters. The number of benzene rings is 1. The fourth-order valence-corrected chi connectivity index (χ4v) is 4.70. The maximum absolute atomic E-state index is 12.6. The molecule has 1 amide bonds. The molecule has 2 aliphatic heterocycles. The SMILES string of the molecule is O=C(CCC(=O)N1CCCN2CCC[C@H]2C1)c1ccc2c(c1)CCC2.